The van der Waals surface area contributed by atoms with Gasteiger partial charge in [-0.15, -0.1) is 0 Å². The SMILES string of the molecule is C[NH+](C)CP12(c3ccccc3)OC(=O)CN1CC(=O)O2. The van der Waals surface area contributed by atoms with Gasteiger partial charge in [0.1, 0.15) is 0 Å². The monoisotopic (exact) mass is 297 g/mol. The van der Waals surface area contributed by atoms with Crippen LogP contribution in [0.2, 0.25) is 0 Å². The van der Waals surface area contributed by atoms with E-state index in [2.05, 4.69) is 0 Å². The molecule has 0 bridgehead atoms. The van der Waals surface area contributed by atoms with Crippen molar-refractivity contribution in [2.45, 2.75) is 0 Å². The number of hydrogen-bond acceptors (Lipinski definition) is 5. The number of rotatable bonds is 3. The van der Waals surface area contributed by atoms with Crippen LogP contribution in [0.1, 0.15) is 0 Å². The molecule has 0 aromatic heterocycles. The zero-order chi connectivity index (χ0) is 14.4. The molecule has 2 aliphatic heterocycles. The first-order chi connectivity index (χ1) is 9.45. The molecule has 1 N–H and O–H groups in total. The maximum absolute atomic E-state index is 11.9. The maximum atomic E-state index is 11.9. The topological polar surface area (TPSA) is 60.3 Å². The Kier molecular flexibility index (Phi) is 2.87. The summed E-state index contributed by atoms with van der Waals surface area (Å²) in [6.07, 6.45) is 0.465. The third-order valence-corrected chi connectivity index (χ3v) is 8.73. The van der Waals surface area contributed by atoms with E-state index in [0.29, 0.717) is 6.29 Å². The molecule has 0 amide bonds. The molecule has 3 rings (SSSR count). The van der Waals surface area contributed by atoms with E-state index in [4.69, 9.17) is 9.05 Å². The van der Waals surface area contributed by atoms with Crippen LogP contribution in [0.25, 0.3) is 0 Å². The zero-order valence-electron chi connectivity index (χ0n) is 11.5. The second kappa shape index (κ2) is 4.25. The Hall–Kier alpha value is -1.49. The molecule has 1 aromatic rings. The number of carbonyl (C=O) groups excluding carboxylic acids is 2. The van der Waals surface area contributed by atoms with Crippen LogP contribution in [0.3, 0.4) is 0 Å². The van der Waals surface area contributed by atoms with Crippen molar-refractivity contribution in [2.75, 3.05) is 33.5 Å². The average molecular weight is 297 g/mol. The second-order valence-corrected chi connectivity index (χ2v) is 9.45. The van der Waals surface area contributed by atoms with Gasteiger partial charge < -0.3 is 0 Å². The molecule has 0 atom stereocenters. The number of hydrogen-bond donors (Lipinski definition) is 1. The van der Waals surface area contributed by atoms with Crippen molar-refractivity contribution >= 4 is 24.5 Å². The van der Waals surface area contributed by atoms with Gasteiger partial charge in [0.15, 0.2) is 0 Å². The van der Waals surface area contributed by atoms with Gasteiger partial charge in [0.25, 0.3) is 0 Å². The van der Waals surface area contributed by atoms with Crippen molar-refractivity contribution in [1.82, 2.24) is 4.67 Å². The number of nitrogens with zero attached hydrogens (tertiary/aromatic N) is 1. The van der Waals surface area contributed by atoms with Crippen molar-refractivity contribution in [3.8, 4) is 0 Å². The van der Waals surface area contributed by atoms with Gasteiger partial charge >= 0.3 is 116 Å². The van der Waals surface area contributed by atoms with Crippen LogP contribution in [0, 0.1) is 0 Å². The molecule has 2 fully saturated rings. The Bertz CT molecular complexity index is 555. The van der Waals surface area contributed by atoms with Gasteiger partial charge in [0.2, 0.25) is 0 Å². The predicted molar refractivity (Wildman–Crippen MR) is 74.4 cm³/mol. The van der Waals surface area contributed by atoms with Gasteiger partial charge in [0, 0.05) is 0 Å². The van der Waals surface area contributed by atoms with Crippen molar-refractivity contribution < 1.29 is 23.5 Å². The predicted octanol–water partition coefficient (Wildman–Crippen LogP) is -0.872. The summed E-state index contributed by atoms with van der Waals surface area (Å²) in [5, 5.41) is 0.802. The molecule has 1 aromatic carbocycles. The van der Waals surface area contributed by atoms with Gasteiger partial charge in [-0.25, -0.2) is 0 Å². The van der Waals surface area contributed by atoms with Crippen LogP contribution in [0.15, 0.2) is 30.3 Å². The fourth-order valence-corrected chi connectivity index (χ4v) is 8.01. The Morgan fingerprint density at radius 3 is 2.15 bits per heavy atom. The summed E-state index contributed by atoms with van der Waals surface area (Å²) in [6, 6.07) is 9.40. The number of benzene rings is 1. The molecular formula is C13H18N2O4P+. The Labute approximate surface area is 117 Å². The summed E-state index contributed by atoms with van der Waals surface area (Å²) in [6.45, 7) is 0.234. The van der Waals surface area contributed by atoms with E-state index in [0.717, 1.165) is 10.2 Å². The minimum absolute atomic E-state index is 0.117. The van der Waals surface area contributed by atoms with Gasteiger partial charge in [0.05, 0.1) is 0 Å². The molecule has 108 valence electrons. The molecule has 2 saturated heterocycles. The van der Waals surface area contributed by atoms with E-state index in [1.165, 1.54) is 0 Å². The van der Waals surface area contributed by atoms with E-state index in [-0.39, 0.29) is 25.0 Å². The van der Waals surface area contributed by atoms with E-state index in [9.17, 15) is 9.59 Å². The molecular weight excluding hydrogens is 279 g/mol. The summed E-state index contributed by atoms with van der Waals surface area (Å²) in [7, 11) is 0.307. The van der Waals surface area contributed by atoms with Crippen LogP contribution in [0.5, 0.6) is 0 Å². The molecule has 20 heavy (non-hydrogen) atoms. The normalized spacial score (nSPS) is 25.6. The van der Waals surface area contributed by atoms with E-state index < -0.39 is 7.21 Å². The molecule has 0 radical (unpaired) electrons. The van der Waals surface area contributed by atoms with Crippen LogP contribution in [-0.2, 0) is 18.6 Å². The van der Waals surface area contributed by atoms with E-state index >= 15 is 0 Å². The molecule has 0 saturated carbocycles. The molecule has 2 heterocycles. The van der Waals surface area contributed by atoms with Gasteiger partial charge in [-0.05, 0) is 0 Å². The van der Waals surface area contributed by atoms with Crippen molar-refractivity contribution in [3.05, 3.63) is 30.3 Å². The van der Waals surface area contributed by atoms with Crippen molar-refractivity contribution in [3.63, 3.8) is 0 Å². The summed E-state index contributed by atoms with van der Waals surface area (Å²) in [5.74, 6) is -0.638. The second-order valence-electron chi connectivity index (χ2n) is 5.53. The van der Waals surface area contributed by atoms with E-state index in [1.807, 2.05) is 49.1 Å². The third kappa shape index (κ3) is 1.69. The molecule has 6 nitrogen and oxygen atoms in total. The molecule has 0 aliphatic carbocycles. The molecule has 0 unspecified atom stereocenters. The summed E-state index contributed by atoms with van der Waals surface area (Å²) in [5.41, 5.74) is 0. The summed E-state index contributed by atoms with van der Waals surface area (Å²) < 4.78 is 13.4. The van der Waals surface area contributed by atoms with Gasteiger partial charge in [-0.3, -0.25) is 0 Å². The fourth-order valence-electron chi connectivity index (χ4n) is 3.06. The fraction of sp³-hybridized carbons (Fsp3) is 0.385. The number of fused-ring (bicyclic) bond motifs is 1. The number of nitrogens with one attached hydrogen (secondary N) is 1. The zero-order valence-corrected chi connectivity index (χ0v) is 12.4. The molecule has 7 heteroatoms. The number of carbonyl (C=O) groups is 2. The minimum atomic E-state index is -3.61. The van der Waals surface area contributed by atoms with Gasteiger partial charge in [-0.2, -0.15) is 0 Å². The van der Waals surface area contributed by atoms with Crippen molar-refractivity contribution in [2.24, 2.45) is 0 Å². The average Bonchev–Trinajstić information content (AvgIpc) is 2.77. The van der Waals surface area contributed by atoms with Crippen LogP contribution in [0.4, 0.5) is 0 Å². The Morgan fingerprint density at radius 1 is 1.10 bits per heavy atom. The molecule has 0 spiro atoms. The van der Waals surface area contributed by atoms with Crippen LogP contribution < -0.4 is 10.2 Å². The summed E-state index contributed by atoms with van der Waals surface area (Å²) >= 11 is 0. The summed E-state index contributed by atoms with van der Waals surface area (Å²) in [4.78, 5) is 24.9. The van der Waals surface area contributed by atoms with Crippen LogP contribution >= 0.6 is 7.21 Å². The quantitative estimate of drug-likeness (QED) is 0.735. The first-order valence-electron chi connectivity index (χ1n) is 6.53. The molecule has 2 aliphatic rings. The standard InChI is InChI=1S/C13H17N2O4P/c1-14(2)10-20(11-6-4-3-5-7-11)15(8-12(16)18-20)9-13(17)19-20/h3-7H,8-10H2,1-2H3/p+1. The van der Waals surface area contributed by atoms with E-state index in [1.54, 1.807) is 0 Å². The first kappa shape index (κ1) is 13.5. The Balaban J connectivity index is 2.23. The van der Waals surface area contributed by atoms with Crippen LogP contribution in [-0.4, -0.2) is 50.1 Å². The Morgan fingerprint density at radius 2 is 1.65 bits per heavy atom. The van der Waals surface area contributed by atoms with Gasteiger partial charge in [-0.1, -0.05) is 0 Å². The van der Waals surface area contributed by atoms with Crippen molar-refractivity contribution in [1.29, 1.82) is 0 Å². The first-order valence-corrected chi connectivity index (χ1v) is 8.74. The third-order valence-electron chi connectivity index (χ3n) is 3.64. The number of quaternary nitrogens is 1.